The predicted molar refractivity (Wildman–Crippen MR) is 84.6 cm³/mol. The van der Waals surface area contributed by atoms with Crippen molar-refractivity contribution in [2.75, 3.05) is 40.8 Å². The molecule has 1 aromatic rings. The van der Waals surface area contributed by atoms with Gasteiger partial charge in [-0.15, -0.1) is 0 Å². The Labute approximate surface area is 127 Å². The minimum Gasteiger partial charge on any atom is -0.481 e. The van der Waals surface area contributed by atoms with Crippen LogP contribution in [-0.4, -0.2) is 66.5 Å². The maximum atomic E-state index is 6.11. The van der Waals surface area contributed by atoms with Crippen molar-refractivity contribution in [2.24, 2.45) is 12.8 Å². The fourth-order valence-corrected chi connectivity index (χ4v) is 3.42. The number of methoxy groups -OCH3 is 1. The van der Waals surface area contributed by atoms with E-state index in [9.17, 15) is 0 Å². The Morgan fingerprint density at radius 2 is 2.19 bits per heavy atom. The van der Waals surface area contributed by atoms with Crippen LogP contribution in [0.5, 0.6) is 5.88 Å². The number of hydrogen-bond acceptors (Lipinski definition) is 5. The highest BCUT2D eigenvalue weighted by atomic mass is 16.5. The third kappa shape index (κ3) is 3.22. The van der Waals surface area contributed by atoms with E-state index in [1.54, 1.807) is 11.8 Å². The Hall–Kier alpha value is -1.11. The van der Waals surface area contributed by atoms with E-state index in [1.165, 1.54) is 12.8 Å². The van der Waals surface area contributed by atoms with E-state index in [0.29, 0.717) is 12.6 Å². The van der Waals surface area contributed by atoms with Crippen LogP contribution in [-0.2, 0) is 7.05 Å². The standard InChI is InChI=1S/C15H29N5O/c1-11-14(15(21-5)19(4)17-11)13(9-16)20-8-6-7-12(10-20)18(2)3/h12-13H,6-10,16H2,1-5H3. The van der Waals surface area contributed by atoms with Gasteiger partial charge >= 0.3 is 0 Å². The zero-order valence-corrected chi connectivity index (χ0v) is 14.0. The molecule has 2 heterocycles. The quantitative estimate of drug-likeness (QED) is 0.869. The molecule has 6 nitrogen and oxygen atoms in total. The molecule has 2 atom stereocenters. The van der Waals surface area contributed by atoms with Gasteiger partial charge in [0.25, 0.3) is 0 Å². The number of likely N-dealkylation sites (tertiary alicyclic amines) is 1. The van der Waals surface area contributed by atoms with Crippen molar-refractivity contribution in [1.29, 1.82) is 0 Å². The Kier molecular flexibility index (Phi) is 5.24. The molecule has 21 heavy (non-hydrogen) atoms. The van der Waals surface area contributed by atoms with E-state index in [4.69, 9.17) is 10.5 Å². The number of ether oxygens (including phenoxy) is 1. The third-order valence-corrected chi connectivity index (χ3v) is 4.56. The van der Waals surface area contributed by atoms with Gasteiger partial charge in [-0.1, -0.05) is 0 Å². The number of piperidine rings is 1. The van der Waals surface area contributed by atoms with Crippen LogP contribution in [0.4, 0.5) is 0 Å². The number of nitrogens with zero attached hydrogens (tertiary/aromatic N) is 4. The molecule has 120 valence electrons. The average Bonchev–Trinajstić information content (AvgIpc) is 2.74. The highest BCUT2D eigenvalue weighted by Gasteiger charge is 2.31. The molecule has 1 saturated heterocycles. The predicted octanol–water partition coefficient (Wildman–Crippen LogP) is 0.763. The molecule has 0 aliphatic carbocycles. The number of hydrogen-bond donors (Lipinski definition) is 1. The van der Waals surface area contributed by atoms with Crippen LogP contribution >= 0.6 is 0 Å². The molecule has 0 bridgehead atoms. The van der Waals surface area contributed by atoms with Gasteiger partial charge in [-0.3, -0.25) is 4.90 Å². The molecule has 6 heteroatoms. The van der Waals surface area contributed by atoms with Crippen LogP contribution in [0.1, 0.15) is 30.1 Å². The van der Waals surface area contributed by atoms with Crippen LogP contribution in [0.25, 0.3) is 0 Å². The van der Waals surface area contributed by atoms with Crippen LogP contribution in [0.3, 0.4) is 0 Å². The number of rotatable bonds is 5. The summed E-state index contributed by atoms with van der Waals surface area (Å²) in [5.74, 6) is 0.829. The summed E-state index contributed by atoms with van der Waals surface area (Å²) in [7, 11) is 7.93. The molecule has 2 unspecified atom stereocenters. The van der Waals surface area contributed by atoms with Crippen molar-refractivity contribution >= 4 is 0 Å². The summed E-state index contributed by atoms with van der Waals surface area (Å²) in [6, 6.07) is 0.771. The molecule has 1 fully saturated rings. The summed E-state index contributed by atoms with van der Waals surface area (Å²) in [5.41, 5.74) is 8.26. The first-order chi connectivity index (χ1) is 9.99. The Balaban J connectivity index is 2.27. The third-order valence-electron chi connectivity index (χ3n) is 4.56. The smallest absolute Gasteiger partial charge is 0.216 e. The molecule has 2 N–H and O–H groups in total. The molecule has 1 aliphatic heterocycles. The molecule has 1 aromatic heterocycles. The zero-order valence-electron chi connectivity index (χ0n) is 14.0. The van der Waals surface area contributed by atoms with E-state index in [-0.39, 0.29) is 6.04 Å². The van der Waals surface area contributed by atoms with Gasteiger partial charge in [0.1, 0.15) is 0 Å². The largest absolute Gasteiger partial charge is 0.481 e. The van der Waals surface area contributed by atoms with Crippen molar-refractivity contribution in [2.45, 2.75) is 31.8 Å². The molecule has 0 radical (unpaired) electrons. The van der Waals surface area contributed by atoms with Crippen LogP contribution in [0, 0.1) is 6.92 Å². The number of nitrogens with two attached hydrogens (primary N) is 1. The summed E-state index contributed by atoms with van der Waals surface area (Å²) >= 11 is 0. The average molecular weight is 295 g/mol. The van der Waals surface area contributed by atoms with E-state index in [0.717, 1.165) is 30.2 Å². The number of likely N-dealkylation sites (N-methyl/N-ethyl adjacent to an activating group) is 1. The lowest BCUT2D eigenvalue weighted by Crippen LogP contribution is -2.48. The molecule has 0 amide bonds. The molecule has 2 rings (SSSR count). The first kappa shape index (κ1) is 16.3. The lowest BCUT2D eigenvalue weighted by Gasteiger charge is -2.40. The van der Waals surface area contributed by atoms with Gasteiger partial charge in [-0.25, -0.2) is 4.68 Å². The fraction of sp³-hybridized carbons (Fsp3) is 0.800. The lowest BCUT2D eigenvalue weighted by molar-refractivity contribution is 0.0969. The Bertz CT molecular complexity index is 471. The molecule has 0 saturated carbocycles. The van der Waals surface area contributed by atoms with Gasteiger partial charge in [0.05, 0.1) is 24.4 Å². The van der Waals surface area contributed by atoms with Crippen molar-refractivity contribution in [1.82, 2.24) is 19.6 Å². The number of aryl methyl sites for hydroxylation is 2. The van der Waals surface area contributed by atoms with Gasteiger partial charge in [-0.2, -0.15) is 5.10 Å². The SMILES string of the molecule is COc1c(C(CN)N2CCCC(N(C)C)C2)c(C)nn1C. The van der Waals surface area contributed by atoms with Crippen LogP contribution < -0.4 is 10.5 Å². The first-order valence-electron chi connectivity index (χ1n) is 7.67. The van der Waals surface area contributed by atoms with Crippen molar-refractivity contribution in [3.8, 4) is 5.88 Å². The summed E-state index contributed by atoms with van der Waals surface area (Å²) in [5, 5.41) is 4.50. The van der Waals surface area contributed by atoms with Crippen molar-refractivity contribution in [3.63, 3.8) is 0 Å². The second-order valence-corrected chi connectivity index (χ2v) is 6.14. The van der Waals surface area contributed by atoms with Gasteiger partial charge in [0.2, 0.25) is 5.88 Å². The Morgan fingerprint density at radius 1 is 1.48 bits per heavy atom. The van der Waals surface area contributed by atoms with Gasteiger partial charge < -0.3 is 15.4 Å². The van der Waals surface area contributed by atoms with Crippen LogP contribution in [0.15, 0.2) is 0 Å². The van der Waals surface area contributed by atoms with Gasteiger partial charge in [0, 0.05) is 26.2 Å². The molecule has 1 aliphatic rings. The van der Waals surface area contributed by atoms with E-state index >= 15 is 0 Å². The highest BCUT2D eigenvalue weighted by Crippen LogP contribution is 2.33. The molecular weight excluding hydrogens is 266 g/mol. The minimum atomic E-state index is 0.177. The maximum absolute atomic E-state index is 6.11. The summed E-state index contributed by atoms with van der Waals surface area (Å²) in [6.07, 6.45) is 2.46. The highest BCUT2D eigenvalue weighted by molar-refractivity contribution is 5.34. The molecule has 0 spiro atoms. The maximum Gasteiger partial charge on any atom is 0.216 e. The summed E-state index contributed by atoms with van der Waals surface area (Å²) in [6.45, 7) is 4.76. The summed E-state index contributed by atoms with van der Waals surface area (Å²) < 4.78 is 7.36. The monoisotopic (exact) mass is 295 g/mol. The van der Waals surface area contributed by atoms with Crippen molar-refractivity contribution < 1.29 is 4.74 Å². The van der Waals surface area contributed by atoms with E-state index in [1.807, 2.05) is 14.0 Å². The van der Waals surface area contributed by atoms with Gasteiger partial charge in [0.15, 0.2) is 0 Å². The van der Waals surface area contributed by atoms with Crippen LogP contribution in [0.2, 0.25) is 0 Å². The molecular formula is C15H29N5O. The van der Waals surface area contributed by atoms with Gasteiger partial charge in [-0.05, 0) is 40.4 Å². The summed E-state index contributed by atoms with van der Waals surface area (Å²) in [4.78, 5) is 4.80. The second-order valence-electron chi connectivity index (χ2n) is 6.14. The number of aromatic nitrogens is 2. The fourth-order valence-electron chi connectivity index (χ4n) is 3.42. The normalized spacial score (nSPS) is 21.8. The van der Waals surface area contributed by atoms with Crippen molar-refractivity contribution in [3.05, 3.63) is 11.3 Å². The lowest BCUT2D eigenvalue weighted by atomic mass is 9.99. The zero-order chi connectivity index (χ0) is 15.6. The van der Waals surface area contributed by atoms with E-state index < -0.39 is 0 Å². The molecule has 0 aromatic carbocycles. The topological polar surface area (TPSA) is 59.6 Å². The second kappa shape index (κ2) is 6.77. The first-order valence-corrected chi connectivity index (χ1v) is 7.67. The van der Waals surface area contributed by atoms with E-state index in [2.05, 4.69) is 29.0 Å². The minimum absolute atomic E-state index is 0.177. The Morgan fingerprint density at radius 3 is 2.76 bits per heavy atom.